The molecule has 1 heteroatoms. The molecule has 1 nitrogen and oxygen atoms in total. The fraction of sp³-hybridized carbons (Fsp3) is 0.294. The van der Waals surface area contributed by atoms with Crippen LogP contribution >= 0.6 is 0 Å². The van der Waals surface area contributed by atoms with Crippen LogP contribution in [0.25, 0.3) is 16.3 Å². The first-order chi connectivity index (χ1) is 8.92. The SMILES string of the molecule is c1ccc2c(C3=C4CCC(CC3)N4)cccc2c1. The molecule has 1 atom stereocenters. The molecular weight excluding hydrogens is 218 g/mol. The van der Waals surface area contributed by atoms with Gasteiger partial charge in [-0.1, -0.05) is 42.5 Å². The van der Waals surface area contributed by atoms with Crippen molar-refractivity contribution < 1.29 is 0 Å². The van der Waals surface area contributed by atoms with Gasteiger partial charge in [-0.3, -0.25) is 0 Å². The summed E-state index contributed by atoms with van der Waals surface area (Å²) in [5.74, 6) is 0. The zero-order valence-electron chi connectivity index (χ0n) is 10.4. The topological polar surface area (TPSA) is 12.0 Å². The molecule has 1 N–H and O–H groups in total. The number of hydrogen-bond acceptors (Lipinski definition) is 1. The second kappa shape index (κ2) is 3.88. The Bertz CT molecular complexity index is 634. The smallest absolute Gasteiger partial charge is 0.0265 e. The normalized spacial score (nSPS) is 22.3. The monoisotopic (exact) mass is 235 g/mol. The molecule has 2 bridgehead atoms. The van der Waals surface area contributed by atoms with Gasteiger partial charge in [0, 0.05) is 11.7 Å². The molecule has 0 aliphatic carbocycles. The van der Waals surface area contributed by atoms with Crippen molar-refractivity contribution in [2.24, 2.45) is 0 Å². The average Bonchev–Trinajstić information content (AvgIpc) is 2.81. The highest BCUT2D eigenvalue weighted by molar-refractivity contribution is 5.94. The lowest BCUT2D eigenvalue weighted by molar-refractivity contribution is 0.566. The fourth-order valence-corrected chi connectivity index (χ4v) is 3.42. The van der Waals surface area contributed by atoms with Gasteiger partial charge in [-0.25, -0.2) is 0 Å². The number of fused-ring (bicyclic) bond motifs is 3. The van der Waals surface area contributed by atoms with E-state index in [-0.39, 0.29) is 0 Å². The van der Waals surface area contributed by atoms with E-state index in [1.165, 1.54) is 47.7 Å². The van der Waals surface area contributed by atoms with Crippen molar-refractivity contribution in [3.63, 3.8) is 0 Å². The molecule has 0 radical (unpaired) electrons. The fourth-order valence-electron chi connectivity index (χ4n) is 3.42. The maximum Gasteiger partial charge on any atom is 0.0265 e. The van der Waals surface area contributed by atoms with Crippen molar-refractivity contribution in [2.75, 3.05) is 0 Å². The highest BCUT2D eigenvalue weighted by atomic mass is 15.0. The van der Waals surface area contributed by atoms with Gasteiger partial charge < -0.3 is 5.32 Å². The van der Waals surface area contributed by atoms with Crippen LogP contribution in [0.15, 0.2) is 48.2 Å². The molecule has 2 aromatic carbocycles. The summed E-state index contributed by atoms with van der Waals surface area (Å²) < 4.78 is 0. The Labute approximate surface area is 108 Å². The average molecular weight is 235 g/mol. The minimum absolute atomic E-state index is 0.749. The Morgan fingerprint density at radius 2 is 1.72 bits per heavy atom. The standard InChI is InChI=1S/C17H17N/c1-2-6-14-12(4-1)5-3-7-15(14)16-10-8-13-9-11-17(16)18-13/h1-7,13,18H,8-11H2. The predicted octanol–water partition coefficient (Wildman–Crippen LogP) is 4.10. The van der Waals surface area contributed by atoms with Crippen LogP contribution in [0.5, 0.6) is 0 Å². The van der Waals surface area contributed by atoms with Crippen molar-refractivity contribution in [2.45, 2.75) is 31.7 Å². The lowest BCUT2D eigenvalue weighted by Crippen LogP contribution is -2.24. The number of allylic oxidation sites excluding steroid dienone is 2. The van der Waals surface area contributed by atoms with Crippen molar-refractivity contribution in [1.29, 1.82) is 0 Å². The lowest BCUT2D eigenvalue weighted by atomic mass is 9.92. The van der Waals surface area contributed by atoms with Crippen LogP contribution in [-0.4, -0.2) is 6.04 Å². The molecule has 2 aliphatic rings. The van der Waals surface area contributed by atoms with E-state index in [0.717, 1.165) is 6.04 Å². The van der Waals surface area contributed by atoms with E-state index >= 15 is 0 Å². The van der Waals surface area contributed by atoms with Crippen molar-refractivity contribution in [3.05, 3.63) is 53.7 Å². The minimum atomic E-state index is 0.749. The predicted molar refractivity (Wildman–Crippen MR) is 76.3 cm³/mol. The highest BCUT2D eigenvalue weighted by Crippen LogP contribution is 2.38. The van der Waals surface area contributed by atoms with Gasteiger partial charge in [0.05, 0.1) is 0 Å². The summed E-state index contributed by atoms with van der Waals surface area (Å²) in [7, 11) is 0. The molecule has 18 heavy (non-hydrogen) atoms. The molecule has 90 valence electrons. The Morgan fingerprint density at radius 3 is 2.72 bits per heavy atom. The van der Waals surface area contributed by atoms with Crippen LogP contribution in [0.1, 0.15) is 31.2 Å². The van der Waals surface area contributed by atoms with Gasteiger partial charge >= 0.3 is 0 Å². The van der Waals surface area contributed by atoms with Crippen LogP contribution in [0, 0.1) is 0 Å². The second-order valence-corrected chi connectivity index (χ2v) is 5.40. The van der Waals surface area contributed by atoms with Gasteiger partial charge in [-0.2, -0.15) is 0 Å². The van der Waals surface area contributed by atoms with E-state index in [1.807, 2.05) is 0 Å². The van der Waals surface area contributed by atoms with E-state index in [9.17, 15) is 0 Å². The summed E-state index contributed by atoms with van der Waals surface area (Å²) in [6, 6.07) is 16.1. The molecule has 2 aliphatic heterocycles. The van der Waals surface area contributed by atoms with Crippen molar-refractivity contribution in [1.82, 2.24) is 5.32 Å². The number of hydrogen-bond donors (Lipinski definition) is 1. The Balaban J connectivity index is 1.95. The van der Waals surface area contributed by atoms with Crippen LogP contribution in [0.2, 0.25) is 0 Å². The molecule has 0 aromatic heterocycles. The van der Waals surface area contributed by atoms with Gasteiger partial charge in [0.15, 0.2) is 0 Å². The third-order valence-corrected chi connectivity index (χ3v) is 4.34. The zero-order chi connectivity index (χ0) is 11.9. The van der Waals surface area contributed by atoms with E-state index in [2.05, 4.69) is 47.8 Å². The van der Waals surface area contributed by atoms with Gasteiger partial charge in [0.1, 0.15) is 0 Å². The number of rotatable bonds is 1. The zero-order valence-corrected chi connectivity index (χ0v) is 10.4. The first-order valence-corrected chi connectivity index (χ1v) is 6.88. The van der Waals surface area contributed by atoms with Crippen LogP contribution in [-0.2, 0) is 0 Å². The lowest BCUT2D eigenvalue weighted by Gasteiger charge is -2.22. The second-order valence-electron chi connectivity index (χ2n) is 5.40. The van der Waals surface area contributed by atoms with E-state index in [4.69, 9.17) is 0 Å². The first-order valence-electron chi connectivity index (χ1n) is 6.88. The maximum absolute atomic E-state index is 3.68. The van der Waals surface area contributed by atoms with Gasteiger partial charge in [0.25, 0.3) is 0 Å². The molecule has 2 heterocycles. The Morgan fingerprint density at radius 1 is 0.889 bits per heavy atom. The van der Waals surface area contributed by atoms with E-state index in [0.29, 0.717) is 0 Å². The van der Waals surface area contributed by atoms with Gasteiger partial charge in [-0.15, -0.1) is 0 Å². The van der Waals surface area contributed by atoms with Crippen molar-refractivity contribution in [3.8, 4) is 0 Å². The molecule has 0 amide bonds. The first kappa shape index (κ1) is 10.2. The molecule has 4 rings (SSSR count). The highest BCUT2D eigenvalue weighted by Gasteiger charge is 2.27. The number of nitrogens with one attached hydrogen (secondary N) is 1. The summed E-state index contributed by atoms with van der Waals surface area (Å²) >= 11 is 0. The number of benzene rings is 2. The molecule has 0 spiro atoms. The molecular formula is C17H17N. The minimum Gasteiger partial charge on any atom is -0.385 e. The quantitative estimate of drug-likeness (QED) is 0.784. The largest absolute Gasteiger partial charge is 0.385 e. The molecule has 1 fully saturated rings. The molecule has 1 saturated heterocycles. The summed E-state index contributed by atoms with van der Waals surface area (Å²) in [6.07, 6.45) is 5.09. The molecule has 1 unspecified atom stereocenters. The van der Waals surface area contributed by atoms with Crippen LogP contribution in [0.3, 0.4) is 0 Å². The van der Waals surface area contributed by atoms with E-state index < -0.39 is 0 Å². The van der Waals surface area contributed by atoms with Gasteiger partial charge in [0.2, 0.25) is 0 Å². The summed E-state index contributed by atoms with van der Waals surface area (Å²) in [6.45, 7) is 0. The third kappa shape index (κ3) is 1.47. The van der Waals surface area contributed by atoms with E-state index in [1.54, 1.807) is 5.57 Å². The Kier molecular flexibility index (Phi) is 2.19. The summed E-state index contributed by atoms with van der Waals surface area (Å²) in [5, 5.41) is 6.43. The Hall–Kier alpha value is -1.76. The van der Waals surface area contributed by atoms with Crippen LogP contribution in [0.4, 0.5) is 0 Å². The summed E-state index contributed by atoms with van der Waals surface area (Å²) in [4.78, 5) is 0. The van der Waals surface area contributed by atoms with Crippen molar-refractivity contribution >= 4 is 16.3 Å². The molecule has 2 aromatic rings. The summed E-state index contributed by atoms with van der Waals surface area (Å²) in [5.41, 5.74) is 4.50. The third-order valence-electron chi connectivity index (χ3n) is 4.34. The molecule has 0 saturated carbocycles. The maximum atomic E-state index is 3.68. The van der Waals surface area contributed by atoms with Gasteiger partial charge in [-0.05, 0) is 47.6 Å². The van der Waals surface area contributed by atoms with Crippen LogP contribution < -0.4 is 5.32 Å².